The Bertz CT molecular complexity index is 423. The van der Waals surface area contributed by atoms with Gasteiger partial charge in [-0.25, -0.2) is 9.97 Å². The molecule has 2 heterocycles. The second-order valence-electron chi connectivity index (χ2n) is 4.41. The topological polar surface area (TPSA) is 56.3 Å². The van der Waals surface area contributed by atoms with Crippen molar-refractivity contribution < 1.29 is 9.47 Å². The van der Waals surface area contributed by atoms with E-state index in [9.17, 15) is 0 Å². The van der Waals surface area contributed by atoms with Crippen LogP contribution in [0.2, 0.25) is 0 Å². The Morgan fingerprint density at radius 3 is 2.79 bits per heavy atom. The van der Waals surface area contributed by atoms with Crippen LogP contribution in [-0.2, 0) is 15.9 Å². The van der Waals surface area contributed by atoms with Crippen molar-refractivity contribution in [3.05, 3.63) is 16.0 Å². The van der Waals surface area contributed by atoms with E-state index in [0.717, 1.165) is 35.4 Å². The molecule has 106 valence electrons. The van der Waals surface area contributed by atoms with Crippen molar-refractivity contribution in [3.63, 3.8) is 0 Å². The van der Waals surface area contributed by atoms with E-state index in [-0.39, 0.29) is 6.10 Å². The van der Waals surface area contributed by atoms with Gasteiger partial charge in [0, 0.05) is 6.54 Å². The Kier molecular flexibility index (Phi) is 5.54. The Labute approximate surface area is 122 Å². The van der Waals surface area contributed by atoms with E-state index in [0.29, 0.717) is 25.6 Å². The van der Waals surface area contributed by atoms with Crippen molar-refractivity contribution in [1.82, 2.24) is 9.97 Å². The molecule has 1 saturated heterocycles. The molecule has 1 N–H and O–H groups in total. The van der Waals surface area contributed by atoms with Gasteiger partial charge in [-0.15, -0.1) is 0 Å². The highest BCUT2D eigenvalue weighted by Crippen LogP contribution is 2.27. The van der Waals surface area contributed by atoms with Crippen LogP contribution < -0.4 is 5.32 Å². The van der Waals surface area contributed by atoms with Gasteiger partial charge in [0.15, 0.2) is 5.82 Å². The number of nitrogens with zero attached hydrogens (tertiary/aromatic N) is 2. The molecule has 1 unspecified atom stereocenters. The van der Waals surface area contributed by atoms with Crippen LogP contribution >= 0.6 is 15.9 Å². The van der Waals surface area contributed by atoms with E-state index < -0.39 is 0 Å². The second kappa shape index (κ2) is 7.17. The average Bonchev–Trinajstić information content (AvgIpc) is 2.47. The van der Waals surface area contributed by atoms with Crippen LogP contribution in [0.3, 0.4) is 0 Å². The van der Waals surface area contributed by atoms with Crippen LogP contribution in [0.1, 0.15) is 37.9 Å². The van der Waals surface area contributed by atoms with Gasteiger partial charge in [0.2, 0.25) is 0 Å². The standard InChI is InChI=1S/C13H20BrN3O2/c1-3-5-15-13-11(14)9(4-2)16-12(17-13)10-8-18-6-7-19-10/h10H,3-8H2,1-2H3,(H,15,16,17). The molecule has 1 aliphatic heterocycles. The van der Waals surface area contributed by atoms with E-state index in [1.807, 2.05) is 0 Å². The first-order valence-corrected chi connectivity index (χ1v) is 7.55. The molecular weight excluding hydrogens is 310 g/mol. The zero-order valence-electron chi connectivity index (χ0n) is 11.4. The van der Waals surface area contributed by atoms with Crippen LogP contribution in [-0.4, -0.2) is 36.3 Å². The third-order valence-corrected chi connectivity index (χ3v) is 3.75. The van der Waals surface area contributed by atoms with Crippen LogP contribution in [0.25, 0.3) is 0 Å². The van der Waals surface area contributed by atoms with Gasteiger partial charge in [-0.1, -0.05) is 13.8 Å². The maximum absolute atomic E-state index is 5.67. The minimum Gasteiger partial charge on any atom is -0.376 e. The molecule has 2 rings (SSSR count). The zero-order chi connectivity index (χ0) is 13.7. The van der Waals surface area contributed by atoms with Crippen LogP contribution in [0.4, 0.5) is 5.82 Å². The van der Waals surface area contributed by atoms with Gasteiger partial charge in [0.05, 0.1) is 30.0 Å². The van der Waals surface area contributed by atoms with Gasteiger partial charge in [0.25, 0.3) is 0 Å². The number of halogens is 1. The third-order valence-electron chi connectivity index (χ3n) is 2.92. The fraction of sp³-hybridized carbons (Fsp3) is 0.692. The number of hydrogen-bond acceptors (Lipinski definition) is 5. The summed E-state index contributed by atoms with van der Waals surface area (Å²) < 4.78 is 12.0. The first-order valence-electron chi connectivity index (χ1n) is 6.75. The summed E-state index contributed by atoms with van der Waals surface area (Å²) in [5.74, 6) is 1.55. The highest BCUT2D eigenvalue weighted by molar-refractivity contribution is 9.10. The monoisotopic (exact) mass is 329 g/mol. The lowest BCUT2D eigenvalue weighted by atomic mass is 10.2. The molecule has 0 aromatic carbocycles. The molecule has 0 saturated carbocycles. The zero-order valence-corrected chi connectivity index (χ0v) is 13.0. The lowest BCUT2D eigenvalue weighted by Gasteiger charge is -2.23. The van der Waals surface area contributed by atoms with Crippen molar-refractivity contribution in [2.24, 2.45) is 0 Å². The van der Waals surface area contributed by atoms with Crippen molar-refractivity contribution in [3.8, 4) is 0 Å². The van der Waals surface area contributed by atoms with E-state index in [2.05, 4.69) is 45.1 Å². The van der Waals surface area contributed by atoms with Crippen molar-refractivity contribution in [1.29, 1.82) is 0 Å². The SMILES string of the molecule is CCCNc1nc(C2COCCO2)nc(CC)c1Br. The summed E-state index contributed by atoms with van der Waals surface area (Å²) in [6.45, 7) is 6.87. The van der Waals surface area contributed by atoms with Gasteiger partial charge < -0.3 is 14.8 Å². The molecular formula is C13H20BrN3O2. The predicted molar refractivity (Wildman–Crippen MR) is 77.4 cm³/mol. The summed E-state index contributed by atoms with van der Waals surface area (Å²) in [6.07, 6.45) is 1.75. The van der Waals surface area contributed by atoms with Gasteiger partial charge in [0.1, 0.15) is 11.9 Å². The fourth-order valence-corrected chi connectivity index (χ4v) is 2.49. The molecule has 0 radical (unpaired) electrons. The number of anilines is 1. The highest BCUT2D eigenvalue weighted by atomic mass is 79.9. The van der Waals surface area contributed by atoms with Crippen molar-refractivity contribution in [2.45, 2.75) is 32.8 Å². The van der Waals surface area contributed by atoms with Gasteiger partial charge in [-0.2, -0.15) is 0 Å². The normalized spacial score (nSPS) is 19.4. The number of rotatable bonds is 5. The first-order chi connectivity index (χ1) is 9.26. The summed E-state index contributed by atoms with van der Waals surface area (Å²) >= 11 is 3.57. The number of aromatic nitrogens is 2. The first kappa shape index (κ1) is 14.7. The van der Waals surface area contributed by atoms with Crippen molar-refractivity contribution in [2.75, 3.05) is 31.7 Å². The van der Waals surface area contributed by atoms with E-state index in [4.69, 9.17) is 9.47 Å². The molecule has 0 amide bonds. The summed E-state index contributed by atoms with van der Waals surface area (Å²) in [7, 11) is 0. The summed E-state index contributed by atoms with van der Waals surface area (Å²) in [4.78, 5) is 9.15. The smallest absolute Gasteiger partial charge is 0.162 e. The number of hydrogen-bond donors (Lipinski definition) is 1. The largest absolute Gasteiger partial charge is 0.376 e. The number of ether oxygens (including phenoxy) is 2. The maximum Gasteiger partial charge on any atom is 0.162 e. The minimum atomic E-state index is -0.158. The Morgan fingerprint density at radius 2 is 2.16 bits per heavy atom. The lowest BCUT2D eigenvalue weighted by molar-refractivity contribution is -0.0935. The fourth-order valence-electron chi connectivity index (χ4n) is 1.89. The molecule has 0 spiro atoms. The summed E-state index contributed by atoms with van der Waals surface area (Å²) in [5.41, 5.74) is 0.998. The maximum atomic E-state index is 5.67. The van der Waals surface area contributed by atoms with Crippen LogP contribution in [0.5, 0.6) is 0 Å². The van der Waals surface area contributed by atoms with Crippen molar-refractivity contribution >= 4 is 21.7 Å². The highest BCUT2D eigenvalue weighted by Gasteiger charge is 2.22. The number of nitrogens with one attached hydrogen (secondary N) is 1. The summed E-state index contributed by atoms with van der Waals surface area (Å²) in [6, 6.07) is 0. The minimum absolute atomic E-state index is 0.158. The Hall–Kier alpha value is -0.720. The van der Waals surface area contributed by atoms with Crippen LogP contribution in [0.15, 0.2) is 4.47 Å². The molecule has 1 aromatic heterocycles. The molecule has 0 aliphatic carbocycles. The van der Waals surface area contributed by atoms with Gasteiger partial charge in [-0.3, -0.25) is 0 Å². The Morgan fingerprint density at radius 1 is 1.32 bits per heavy atom. The summed E-state index contributed by atoms with van der Waals surface area (Å²) in [5, 5.41) is 3.32. The molecule has 19 heavy (non-hydrogen) atoms. The van der Waals surface area contributed by atoms with Gasteiger partial charge >= 0.3 is 0 Å². The second-order valence-corrected chi connectivity index (χ2v) is 5.20. The van der Waals surface area contributed by atoms with E-state index in [1.54, 1.807) is 0 Å². The Balaban J connectivity index is 2.26. The van der Waals surface area contributed by atoms with Crippen LogP contribution in [0, 0.1) is 0 Å². The van der Waals surface area contributed by atoms with E-state index in [1.165, 1.54) is 0 Å². The molecule has 1 fully saturated rings. The van der Waals surface area contributed by atoms with Gasteiger partial charge in [-0.05, 0) is 28.8 Å². The molecule has 0 bridgehead atoms. The molecule has 1 aliphatic rings. The molecule has 5 nitrogen and oxygen atoms in total. The number of aryl methyl sites for hydroxylation is 1. The lowest BCUT2D eigenvalue weighted by Crippen LogP contribution is -2.24. The third kappa shape index (κ3) is 3.64. The quantitative estimate of drug-likeness (QED) is 0.900. The average molecular weight is 330 g/mol. The van der Waals surface area contributed by atoms with E-state index >= 15 is 0 Å². The molecule has 1 aromatic rings. The molecule has 6 heteroatoms. The predicted octanol–water partition coefficient (Wildman–Crippen LogP) is 2.71. The molecule has 1 atom stereocenters.